The van der Waals surface area contributed by atoms with E-state index in [1.54, 1.807) is 12.1 Å². The second kappa shape index (κ2) is 10.6. The number of amides is 1. The summed E-state index contributed by atoms with van der Waals surface area (Å²) in [6.07, 6.45) is 0.723. The van der Waals surface area contributed by atoms with Crippen molar-refractivity contribution >= 4 is 11.6 Å². The van der Waals surface area contributed by atoms with Crippen LogP contribution in [0.5, 0.6) is 5.75 Å². The molecule has 3 aromatic carbocycles. The Labute approximate surface area is 178 Å². The van der Waals surface area contributed by atoms with E-state index in [4.69, 9.17) is 10.5 Å². The van der Waals surface area contributed by atoms with Gasteiger partial charge in [-0.05, 0) is 43.9 Å². The number of rotatable bonds is 9. The van der Waals surface area contributed by atoms with Gasteiger partial charge < -0.3 is 20.7 Å². The summed E-state index contributed by atoms with van der Waals surface area (Å²) in [5.41, 5.74) is 9.23. The SMILES string of the molecule is CN(C)CCC(Oc1cccc(NC(=O)c2ccccc2)c1CN)c1ccccc1. The van der Waals surface area contributed by atoms with Crippen LogP contribution in [-0.2, 0) is 6.54 Å². The maximum atomic E-state index is 12.6. The Balaban J connectivity index is 1.85. The molecule has 0 heterocycles. The fourth-order valence-corrected chi connectivity index (χ4v) is 3.28. The molecule has 0 aromatic heterocycles. The van der Waals surface area contributed by atoms with E-state index in [1.165, 1.54) is 0 Å². The normalized spacial score (nSPS) is 11.9. The molecule has 0 aliphatic rings. The Morgan fingerprint density at radius 2 is 1.63 bits per heavy atom. The number of benzene rings is 3. The average Bonchev–Trinajstić information content (AvgIpc) is 2.77. The van der Waals surface area contributed by atoms with Crippen molar-refractivity contribution in [2.24, 2.45) is 5.73 Å². The van der Waals surface area contributed by atoms with Gasteiger partial charge >= 0.3 is 0 Å². The Morgan fingerprint density at radius 1 is 0.967 bits per heavy atom. The molecule has 1 atom stereocenters. The highest BCUT2D eigenvalue weighted by molar-refractivity contribution is 6.04. The summed E-state index contributed by atoms with van der Waals surface area (Å²) < 4.78 is 6.44. The molecule has 30 heavy (non-hydrogen) atoms. The van der Waals surface area contributed by atoms with Crippen LogP contribution in [-0.4, -0.2) is 31.4 Å². The van der Waals surface area contributed by atoms with Crippen LogP contribution < -0.4 is 15.8 Å². The number of ether oxygens (including phenoxy) is 1. The molecule has 0 spiro atoms. The minimum atomic E-state index is -0.172. The van der Waals surface area contributed by atoms with Crippen LogP contribution in [0.3, 0.4) is 0 Å². The molecule has 1 amide bonds. The van der Waals surface area contributed by atoms with Crippen molar-refractivity contribution in [1.29, 1.82) is 0 Å². The van der Waals surface area contributed by atoms with Gasteiger partial charge in [0.15, 0.2) is 0 Å². The highest BCUT2D eigenvalue weighted by Crippen LogP contribution is 2.32. The smallest absolute Gasteiger partial charge is 0.255 e. The lowest BCUT2D eigenvalue weighted by molar-refractivity contribution is 0.102. The van der Waals surface area contributed by atoms with Crippen LogP contribution in [0.15, 0.2) is 78.9 Å². The molecular formula is C25H29N3O2. The summed E-state index contributed by atoms with van der Waals surface area (Å²) in [7, 11) is 4.10. The molecule has 0 aliphatic carbocycles. The number of carbonyl (C=O) groups excluding carboxylic acids is 1. The van der Waals surface area contributed by atoms with Gasteiger partial charge in [-0.25, -0.2) is 0 Å². The first-order valence-corrected chi connectivity index (χ1v) is 10.1. The first-order valence-electron chi connectivity index (χ1n) is 10.1. The van der Waals surface area contributed by atoms with E-state index >= 15 is 0 Å². The molecule has 5 heteroatoms. The van der Waals surface area contributed by atoms with Gasteiger partial charge in [0.25, 0.3) is 5.91 Å². The van der Waals surface area contributed by atoms with Crippen molar-refractivity contribution in [3.63, 3.8) is 0 Å². The van der Waals surface area contributed by atoms with E-state index in [-0.39, 0.29) is 18.6 Å². The van der Waals surface area contributed by atoms with E-state index in [1.807, 2.05) is 68.7 Å². The molecular weight excluding hydrogens is 374 g/mol. The third-order valence-electron chi connectivity index (χ3n) is 4.90. The third-order valence-corrected chi connectivity index (χ3v) is 4.90. The Bertz CT molecular complexity index is 943. The zero-order valence-electron chi connectivity index (χ0n) is 17.5. The summed E-state index contributed by atoms with van der Waals surface area (Å²) in [4.78, 5) is 14.8. The lowest BCUT2D eigenvalue weighted by atomic mass is 10.1. The lowest BCUT2D eigenvalue weighted by Gasteiger charge is -2.24. The summed E-state index contributed by atoms with van der Waals surface area (Å²) in [6.45, 7) is 1.15. The van der Waals surface area contributed by atoms with Gasteiger partial charge in [-0.15, -0.1) is 0 Å². The topological polar surface area (TPSA) is 67.6 Å². The minimum absolute atomic E-state index is 0.112. The highest BCUT2D eigenvalue weighted by atomic mass is 16.5. The number of hydrogen-bond donors (Lipinski definition) is 2. The fraction of sp³-hybridized carbons (Fsp3) is 0.240. The molecule has 0 saturated carbocycles. The van der Waals surface area contributed by atoms with E-state index in [0.717, 1.165) is 24.1 Å². The minimum Gasteiger partial charge on any atom is -0.485 e. The molecule has 3 rings (SSSR count). The van der Waals surface area contributed by atoms with Gasteiger partial charge in [-0.3, -0.25) is 4.79 Å². The summed E-state index contributed by atoms with van der Waals surface area (Å²) in [6, 6.07) is 24.9. The maximum Gasteiger partial charge on any atom is 0.255 e. The van der Waals surface area contributed by atoms with Gasteiger partial charge in [-0.2, -0.15) is 0 Å². The number of hydrogen-bond acceptors (Lipinski definition) is 4. The second-order valence-corrected chi connectivity index (χ2v) is 7.42. The van der Waals surface area contributed by atoms with Crippen molar-refractivity contribution in [3.8, 4) is 5.75 Å². The van der Waals surface area contributed by atoms with Crippen LogP contribution in [0.1, 0.15) is 34.0 Å². The molecule has 3 N–H and O–H groups in total. The summed E-state index contributed by atoms with van der Waals surface area (Å²) >= 11 is 0. The zero-order valence-corrected chi connectivity index (χ0v) is 17.5. The molecule has 1 unspecified atom stereocenters. The highest BCUT2D eigenvalue weighted by Gasteiger charge is 2.18. The quantitative estimate of drug-likeness (QED) is 0.553. The molecule has 0 bridgehead atoms. The maximum absolute atomic E-state index is 12.6. The summed E-state index contributed by atoms with van der Waals surface area (Å²) in [5.74, 6) is 0.519. The van der Waals surface area contributed by atoms with Gasteiger partial charge in [0, 0.05) is 36.3 Å². The zero-order chi connectivity index (χ0) is 21.3. The molecule has 0 saturated heterocycles. The van der Waals surface area contributed by atoms with Gasteiger partial charge in [0.05, 0.1) is 0 Å². The van der Waals surface area contributed by atoms with E-state index < -0.39 is 0 Å². The number of anilines is 1. The first-order chi connectivity index (χ1) is 14.6. The van der Waals surface area contributed by atoms with Crippen LogP contribution >= 0.6 is 0 Å². The van der Waals surface area contributed by atoms with Crippen LogP contribution in [0.25, 0.3) is 0 Å². The summed E-state index contributed by atoms with van der Waals surface area (Å²) in [5, 5.41) is 2.97. The molecule has 3 aromatic rings. The average molecular weight is 404 g/mol. The van der Waals surface area contributed by atoms with Crippen LogP contribution in [0.4, 0.5) is 5.69 Å². The monoisotopic (exact) mass is 403 g/mol. The van der Waals surface area contributed by atoms with Crippen molar-refractivity contribution in [3.05, 3.63) is 95.6 Å². The molecule has 5 nitrogen and oxygen atoms in total. The second-order valence-electron chi connectivity index (χ2n) is 7.42. The van der Waals surface area contributed by atoms with Crippen LogP contribution in [0, 0.1) is 0 Å². The van der Waals surface area contributed by atoms with Crippen molar-refractivity contribution in [2.45, 2.75) is 19.1 Å². The molecule has 0 fully saturated rings. The third kappa shape index (κ3) is 5.69. The van der Waals surface area contributed by atoms with Gasteiger partial charge in [0.1, 0.15) is 11.9 Å². The number of nitrogens with one attached hydrogen (secondary N) is 1. The predicted molar refractivity (Wildman–Crippen MR) is 122 cm³/mol. The van der Waals surface area contributed by atoms with E-state index in [0.29, 0.717) is 17.0 Å². The largest absolute Gasteiger partial charge is 0.485 e. The number of carbonyl (C=O) groups is 1. The Hall–Kier alpha value is -3.15. The molecule has 156 valence electrons. The van der Waals surface area contributed by atoms with Crippen molar-refractivity contribution in [1.82, 2.24) is 4.90 Å². The Morgan fingerprint density at radius 3 is 2.27 bits per heavy atom. The molecule has 0 aliphatic heterocycles. The Kier molecular flexibility index (Phi) is 7.60. The first kappa shape index (κ1) is 21.6. The standard InChI is InChI=1S/C25H29N3O2/c1-28(2)17-16-23(19-10-5-3-6-11-19)30-24-15-9-14-22(21(24)18-26)27-25(29)20-12-7-4-8-13-20/h3-15,23H,16-18,26H2,1-2H3,(H,27,29). The predicted octanol–water partition coefficient (Wildman–Crippen LogP) is 4.47. The fourth-order valence-electron chi connectivity index (χ4n) is 3.28. The van der Waals surface area contributed by atoms with Crippen molar-refractivity contribution < 1.29 is 9.53 Å². The van der Waals surface area contributed by atoms with E-state index in [9.17, 15) is 4.79 Å². The lowest BCUT2D eigenvalue weighted by Crippen LogP contribution is -2.20. The number of nitrogens with zero attached hydrogens (tertiary/aromatic N) is 1. The van der Waals surface area contributed by atoms with Gasteiger partial charge in [-0.1, -0.05) is 54.6 Å². The molecule has 0 radical (unpaired) electrons. The van der Waals surface area contributed by atoms with E-state index in [2.05, 4.69) is 22.3 Å². The van der Waals surface area contributed by atoms with Crippen molar-refractivity contribution in [2.75, 3.05) is 26.0 Å². The number of nitrogens with two attached hydrogens (primary N) is 1. The van der Waals surface area contributed by atoms with Gasteiger partial charge in [0.2, 0.25) is 0 Å². The van der Waals surface area contributed by atoms with Crippen LogP contribution in [0.2, 0.25) is 0 Å².